The van der Waals surface area contributed by atoms with Gasteiger partial charge in [-0.25, -0.2) is 4.39 Å². The van der Waals surface area contributed by atoms with Crippen molar-refractivity contribution in [1.82, 2.24) is 0 Å². The molecule has 0 bridgehead atoms. The molecule has 0 heterocycles. The second-order valence-electron chi connectivity index (χ2n) is 2.84. The molecule has 84 valence electrons. The largest absolute Gasteiger partial charge is 0.411 e. The first-order valence-corrected chi connectivity index (χ1v) is 4.76. The summed E-state index contributed by atoms with van der Waals surface area (Å²) in [5.41, 5.74) is 0.0913. The van der Waals surface area contributed by atoms with Crippen molar-refractivity contribution in [2.75, 3.05) is 6.61 Å². The number of hydrogen-bond donors (Lipinski definition) is 0. The van der Waals surface area contributed by atoms with Gasteiger partial charge in [0, 0.05) is 10.0 Å². The molecule has 0 unspecified atom stereocenters. The summed E-state index contributed by atoms with van der Waals surface area (Å²) in [5.74, 6) is -0.583. The van der Waals surface area contributed by atoms with E-state index in [1.165, 1.54) is 12.1 Å². The second-order valence-corrected chi connectivity index (χ2v) is 3.76. The average Bonchev–Trinajstić information content (AvgIpc) is 2.09. The summed E-state index contributed by atoms with van der Waals surface area (Å²) in [6, 6.07) is 4.00. The van der Waals surface area contributed by atoms with Crippen LogP contribution in [0.25, 0.3) is 0 Å². The predicted molar refractivity (Wildman–Crippen MR) is 49.8 cm³/mol. The van der Waals surface area contributed by atoms with Gasteiger partial charge in [-0.3, -0.25) is 0 Å². The van der Waals surface area contributed by atoms with Crippen LogP contribution in [0.1, 0.15) is 5.56 Å². The smallest absolute Gasteiger partial charge is 0.367 e. The minimum Gasteiger partial charge on any atom is -0.367 e. The van der Waals surface area contributed by atoms with E-state index in [4.69, 9.17) is 0 Å². The molecule has 1 rings (SSSR count). The molecule has 1 aromatic rings. The molecule has 0 radical (unpaired) electrons. The molecule has 0 fully saturated rings. The zero-order valence-electron chi connectivity index (χ0n) is 7.44. The summed E-state index contributed by atoms with van der Waals surface area (Å²) in [7, 11) is 0. The number of halogens is 5. The molecule has 0 atom stereocenters. The van der Waals surface area contributed by atoms with Crippen LogP contribution in [0.5, 0.6) is 0 Å². The van der Waals surface area contributed by atoms with Crippen LogP contribution < -0.4 is 0 Å². The van der Waals surface area contributed by atoms with E-state index in [-0.39, 0.29) is 5.56 Å². The fourth-order valence-electron chi connectivity index (χ4n) is 0.931. The molecule has 0 N–H and O–H groups in total. The summed E-state index contributed by atoms with van der Waals surface area (Å²) in [6.07, 6.45) is -4.39. The number of alkyl halides is 3. The summed E-state index contributed by atoms with van der Waals surface area (Å²) in [5, 5.41) is 0. The highest BCUT2D eigenvalue weighted by molar-refractivity contribution is 9.10. The fourth-order valence-corrected chi connectivity index (χ4v) is 1.34. The molecule has 0 aliphatic carbocycles. The van der Waals surface area contributed by atoms with Gasteiger partial charge in [-0.05, 0) is 18.2 Å². The Morgan fingerprint density at radius 1 is 1.27 bits per heavy atom. The highest BCUT2D eigenvalue weighted by atomic mass is 79.9. The van der Waals surface area contributed by atoms with E-state index in [2.05, 4.69) is 20.7 Å². The lowest BCUT2D eigenvalue weighted by Gasteiger charge is -2.08. The van der Waals surface area contributed by atoms with Gasteiger partial charge in [-0.1, -0.05) is 15.9 Å². The predicted octanol–water partition coefficient (Wildman–Crippen LogP) is 3.67. The first-order chi connectivity index (χ1) is 6.88. The molecule has 6 heteroatoms. The van der Waals surface area contributed by atoms with Crippen LogP contribution in [0.4, 0.5) is 17.6 Å². The van der Waals surface area contributed by atoms with Crippen LogP contribution >= 0.6 is 15.9 Å². The number of rotatable bonds is 3. The maximum atomic E-state index is 13.0. The lowest BCUT2D eigenvalue weighted by molar-refractivity contribution is -0.176. The Balaban J connectivity index is 2.54. The topological polar surface area (TPSA) is 9.23 Å². The van der Waals surface area contributed by atoms with Gasteiger partial charge in [0.05, 0.1) is 6.61 Å². The van der Waals surface area contributed by atoms with Crippen molar-refractivity contribution < 1.29 is 22.3 Å². The molecule has 15 heavy (non-hydrogen) atoms. The molecular formula is C9H7BrF4O. The van der Waals surface area contributed by atoms with Gasteiger partial charge in [-0.15, -0.1) is 0 Å². The average molecular weight is 287 g/mol. The standard InChI is InChI=1S/C9H7BrF4O/c10-7-1-2-8(11)6(3-7)4-15-5-9(12,13)14/h1-3H,4-5H2. The summed E-state index contributed by atoms with van der Waals surface area (Å²) < 4.78 is 53.1. The van der Waals surface area contributed by atoms with Gasteiger partial charge >= 0.3 is 6.18 Å². The van der Waals surface area contributed by atoms with Gasteiger partial charge in [0.1, 0.15) is 12.4 Å². The van der Waals surface area contributed by atoms with Crippen molar-refractivity contribution in [3.63, 3.8) is 0 Å². The first-order valence-electron chi connectivity index (χ1n) is 3.97. The van der Waals surface area contributed by atoms with Crippen molar-refractivity contribution in [3.05, 3.63) is 34.1 Å². The molecule has 0 aliphatic heterocycles. The van der Waals surface area contributed by atoms with Gasteiger partial charge < -0.3 is 4.74 Å². The molecule has 0 saturated heterocycles. The Morgan fingerprint density at radius 2 is 1.93 bits per heavy atom. The Labute approximate surface area is 92.2 Å². The Bertz CT molecular complexity index is 337. The maximum Gasteiger partial charge on any atom is 0.411 e. The number of benzene rings is 1. The van der Waals surface area contributed by atoms with E-state index in [9.17, 15) is 17.6 Å². The van der Waals surface area contributed by atoms with Crippen LogP contribution in [0.2, 0.25) is 0 Å². The minimum atomic E-state index is -4.39. The maximum absolute atomic E-state index is 13.0. The molecule has 1 nitrogen and oxygen atoms in total. The summed E-state index contributed by atoms with van der Waals surface area (Å²) >= 11 is 3.08. The van der Waals surface area contributed by atoms with Crippen LogP contribution in [0.15, 0.2) is 22.7 Å². The number of ether oxygens (including phenoxy) is 1. The van der Waals surface area contributed by atoms with E-state index in [0.717, 1.165) is 6.07 Å². The summed E-state index contributed by atoms with van der Waals surface area (Å²) in [6.45, 7) is -1.77. The van der Waals surface area contributed by atoms with E-state index < -0.39 is 25.2 Å². The van der Waals surface area contributed by atoms with Crippen LogP contribution in [0.3, 0.4) is 0 Å². The lowest BCUT2D eigenvalue weighted by atomic mass is 10.2. The van der Waals surface area contributed by atoms with E-state index >= 15 is 0 Å². The SMILES string of the molecule is Fc1ccc(Br)cc1COCC(F)(F)F. The van der Waals surface area contributed by atoms with Crippen LogP contribution in [0, 0.1) is 5.82 Å². The Morgan fingerprint density at radius 3 is 2.53 bits per heavy atom. The van der Waals surface area contributed by atoms with Crippen molar-refractivity contribution in [3.8, 4) is 0 Å². The third kappa shape index (κ3) is 4.61. The highest BCUT2D eigenvalue weighted by Gasteiger charge is 2.27. The first kappa shape index (κ1) is 12.4. The Hall–Kier alpha value is -0.620. The van der Waals surface area contributed by atoms with Crippen LogP contribution in [-0.4, -0.2) is 12.8 Å². The van der Waals surface area contributed by atoms with E-state index in [1.54, 1.807) is 0 Å². The molecule has 0 spiro atoms. The second kappa shape index (κ2) is 4.94. The van der Waals surface area contributed by atoms with Gasteiger partial charge in [0.25, 0.3) is 0 Å². The van der Waals surface area contributed by atoms with Gasteiger partial charge in [0.2, 0.25) is 0 Å². The summed E-state index contributed by atoms with van der Waals surface area (Å²) in [4.78, 5) is 0. The zero-order valence-corrected chi connectivity index (χ0v) is 9.03. The molecule has 0 saturated carbocycles. The van der Waals surface area contributed by atoms with Crippen molar-refractivity contribution >= 4 is 15.9 Å². The molecular weight excluding hydrogens is 280 g/mol. The normalized spacial score (nSPS) is 11.8. The van der Waals surface area contributed by atoms with Crippen molar-refractivity contribution in [2.45, 2.75) is 12.8 Å². The molecule has 1 aromatic carbocycles. The van der Waals surface area contributed by atoms with Gasteiger partial charge in [0.15, 0.2) is 0 Å². The molecule has 0 amide bonds. The quantitative estimate of drug-likeness (QED) is 0.771. The van der Waals surface area contributed by atoms with E-state index in [0.29, 0.717) is 4.47 Å². The van der Waals surface area contributed by atoms with Crippen LogP contribution in [-0.2, 0) is 11.3 Å². The highest BCUT2D eigenvalue weighted by Crippen LogP contribution is 2.19. The lowest BCUT2D eigenvalue weighted by Crippen LogP contribution is -2.16. The third-order valence-corrected chi connectivity index (χ3v) is 2.02. The van der Waals surface area contributed by atoms with Gasteiger partial charge in [-0.2, -0.15) is 13.2 Å². The number of hydrogen-bond acceptors (Lipinski definition) is 1. The fraction of sp³-hybridized carbons (Fsp3) is 0.333. The van der Waals surface area contributed by atoms with Crippen molar-refractivity contribution in [1.29, 1.82) is 0 Å². The minimum absolute atomic E-state index is 0.0913. The molecule has 0 aliphatic rings. The van der Waals surface area contributed by atoms with E-state index in [1.807, 2.05) is 0 Å². The zero-order chi connectivity index (χ0) is 11.5. The monoisotopic (exact) mass is 286 g/mol. The Kier molecular flexibility index (Phi) is 4.10. The van der Waals surface area contributed by atoms with Crippen molar-refractivity contribution in [2.24, 2.45) is 0 Å². The molecule has 0 aromatic heterocycles. The third-order valence-electron chi connectivity index (χ3n) is 1.53.